The van der Waals surface area contributed by atoms with Crippen LogP contribution in [-0.2, 0) is 15.1 Å². The molecule has 2 aliphatic rings. The summed E-state index contributed by atoms with van der Waals surface area (Å²) < 4.78 is 5.00. The number of urea groups is 1. The van der Waals surface area contributed by atoms with Crippen molar-refractivity contribution in [2.75, 3.05) is 19.7 Å². The third-order valence-corrected chi connectivity index (χ3v) is 7.48. The van der Waals surface area contributed by atoms with E-state index in [0.29, 0.717) is 17.0 Å². The Hall–Kier alpha value is -2.96. The van der Waals surface area contributed by atoms with Crippen molar-refractivity contribution in [3.63, 3.8) is 0 Å². The van der Waals surface area contributed by atoms with Gasteiger partial charge in [-0.05, 0) is 78.3 Å². The number of ether oxygens (including phenoxy) is 1. The minimum atomic E-state index is -0.868. The fraction of sp³-hybridized carbons (Fsp3) is 0.556. The molecular formula is C27H36ClN5O3. The Bertz CT molecular complexity index is 1120. The molecule has 36 heavy (non-hydrogen) atoms. The summed E-state index contributed by atoms with van der Waals surface area (Å²) in [5.74, 6) is -0.531. The SMILES string of the molecule is CCOC(=O)CCN1C=C(C(C)CN=[N+]=[N-])[C@](C)(c2ccc(C3=CCC(C)(C)CC3)c(Cl)c2)NC1=O. The van der Waals surface area contributed by atoms with Gasteiger partial charge in [-0.15, -0.1) is 0 Å². The third kappa shape index (κ3) is 6.23. The van der Waals surface area contributed by atoms with E-state index in [9.17, 15) is 9.59 Å². The molecule has 0 aromatic heterocycles. The van der Waals surface area contributed by atoms with E-state index >= 15 is 0 Å². The molecule has 0 saturated carbocycles. The van der Waals surface area contributed by atoms with Gasteiger partial charge in [0.25, 0.3) is 0 Å². The van der Waals surface area contributed by atoms with E-state index in [4.69, 9.17) is 21.9 Å². The molecule has 0 bridgehead atoms. The van der Waals surface area contributed by atoms with Crippen molar-refractivity contribution in [2.24, 2.45) is 16.4 Å². The molecule has 2 atom stereocenters. The van der Waals surface area contributed by atoms with E-state index in [-0.39, 0.29) is 37.4 Å². The van der Waals surface area contributed by atoms with Crippen LogP contribution in [0, 0.1) is 11.3 Å². The summed E-state index contributed by atoms with van der Waals surface area (Å²) in [7, 11) is 0. The molecular weight excluding hydrogens is 478 g/mol. The first-order valence-electron chi connectivity index (χ1n) is 12.5. The van der Waals surface area contributed by atoms with Gasteiger partial charge in [0.2, 0.25) is 0 Å². The Balaban J connectivity index is 1.95. The minimum Gasteiger partial charge on any atom is -0.466 e. The lowest BCUT2D eigenvalue weighted by atomic mass is 9.75. The number of amides is 2. The highest BCUT2D eigenvalue weighted by molar-refractivity contribution is 6.32. The summed E-state index contributed by atoms with van der Waals surface area (Å²) in [6, 6.07) is 5.63. The van der Waals surface area contributed by atoms with Crippen LogP contribution in [0.25, 0.3) is 16.0 Å². The van der Waals surface area contributed by atoms with Crippen molar-refractivity contribution < 1.29 is 14.3 Å². The molecule has 0 saturated heterocycles. The van der Waals surface area contributed by atoms with Crippen molar-refractivity contribution in [1.82, 2.24) is 10.2 Å². The van der Waals surface area contributed by atoms with Crippen LogP contribution in [0.4, 0.5) is 4.79 Å². The quantitative estimate of drug-likeness (QED) is 0.167. The lowest BCUT2D eigenvalue weighted by Gasteiger charge is -2.43. The fourth-order valence-corrected chi connectivity index (χ4v) is 5.15. The summed E-state index contributed by atoms with van der Waals surface area (Å²) in [5, 5.41) is 7.51. The lowest BCUT2D eigenvalue weighted by molar-refractivity contribution is -0.143. The molecule has 9 heteroatoms. The molecule has 1 aliphatic carbocycles. The van der Waals surface area contributed by atoms with E-state index in [1.807, 2.05) is 32.0 Å². The number of allylic oxidation sites excluding steroid dienone is 2. The molecule has 8 nitrogen and oxygen atoms in total. The van der Waals surface area contributed by atoms with Crippen LogP contribution in [0.1, 0.15) is 71.4 Å². The van der Waals surface area contributed by atoms with Crippen LogP contribution in [0.15, 0.2) is 41.2 Å². The van der Waals surface area contributed by atoms with Gasteiger partial charge in [0.05, 0.1) is 18.6 Å². The molecule has 1 unspecified atom stereocenters. The zero-order valence-corrected chi connectivity index (χ0v) is 22.6. The summed E-state index contributed by atoms with van der Waals surface area (Å²) in [6.45, 7) is 10.9. The summed E-state index contributed by atoms with van der Waals surface area (Å²) >= 11 is 6.80. The zero-order chi connectivity index (χ0) is 26.5. The highest BCUT2D eigenvalue weighted by Gasteiger charge is 2.40. The highest BCUT2D eigenvalue weighted by atomic mass is 35.5. The lowest BCUT2D eigenvalue weighted by Crippen LogP contribution is -2.55. The Morgan fingerprint density at radius 3 is 2.72 bits per heavy atom. The average molecular weight is 514 g/mol. The molecule has 194 valence electrons. The van der Waals surface area contributed by atoms with Crippen molar-refractivity contribution in [1.29, 1.82) is 0 Å². The van der Waals surface area contributed by atoms with E-state index < -0.39 is 5.54 Å². The average Bonchev–Trinajstić information content (AvgIpc) is 2.82. The molecule has 0 fully saturated rings. The first-order chi connectivity index (χ1) is 17.0. The molecule has 1 aromatic carbocycles. The van der Waals surface area contributed by atoms with Crippen molar-refractivity contribution in [3.8, 4) is 0 Å². The topological polar surface area (TPSA) is 107 Å². The predicted octanol–water partition coefficient (Wildman–Crippen LogP) is 6.96. The van der Waals surface area contributed by atoms with Gasteiger partial charge in [0, 0.05) is 29.2 Å². The minimum absolute atomic E-state index is 0.0823. The van der Waals surface area contributed by atoms with Gasteiger partial charge in [-0.1, -0.05) is 55.7 Å². The first kappa shape index (κ1) is 27.6. The van der Waals surface area contributed by atoms with Crippen LogP contribution in [-0.4, -0.2) is 36.6 Å². The molecule has 3 rings (SSSR count). The van der Waals surface area contributed by atoms with Gasteiger partial charge in [-0.25, -0.2) is 4.79 Å². The van der Waals surface area contributed by atoms with Crippen molar-refractivity contribution >= 4 is 29.2 Å². The standard InChI is InChI=1S/C27H36ClN5O3/c1-6-36-24(34)11-14-33-17-22(18(2)16-30-32-29)27(5,31-25(33)35)20-7-8-21(23(28)15-20)19-9-12-26(3,4)13-10-19/h7-9,15,17-18H,6,10-14,16H2,1-5H3,(H,31,35)/t18?,27-/m0/s1. The number of rotatable bonds is 9. The van der Waals surface area contributed by atoms with E-state index in [2.05, 4.69) is 35.3 Å². The maximum absolute atomic E-state index is 13.1. The molecule has 1 aromatic rings. The van der Waals surface area contributed by atoms with Gasteiger partial charge >= 0.3 is 12.0 Å². The number of carbonyl (C=O) groups excluding carboxylic acids is 2. The number of nitrogens with zero attached hydrogens (tertiary/aromatic N) is 4. The van der Waals surface area contributed by atoms with Crippen LogP contribution in [0.3, 0.4) is 0 Å². The Kier molecular flexibility index (Phi) is 8.75. The number of carbonyl (C=O) groups is 2. The van der Waals surface area contributed by atoms with E-state index in [0.717, 1.165) is 36.0 Å². The monoisotopic (exact) mass is 513 g/mol. The summed E-state index contributed by atoms with van der Waals surface area (Å²) in [5.41, 5.74) is 12.3. The number of benzene rings is 1. The summed E-state index contributed by atoms with van der Waals surface area (Å²) in [6.07, 6.45) is 7.23. The Morgan fingerprint density at radius 2 is 2.11 bits per heavy atom. The zero-order valence-electron chi connectivity index (χ0n) is 21.8. The molecule has 1 N–H and O–H groups in total. The number of nitrogens with one attached hydrogen (secondary N) is 1. The highest BCUT2D eigenvalue weighted by Crippen LogP contribution is 2.42. The van der Waals surface area contributed by atoms with Crippen LogP contribution < -0.4 is 5.32 Å². The Labute approximate surface area is 218 Å². The van der Waals surface area contributed by atoms with E-state index in [1.165, 1.54) is 10.5 Å². The smallest absolute Gasteiger partial charge is 0.322 e. The molecule has 0 spiro atoms. The maximum atomic E-state index is 13.1. The second kappa shape index (κ2) is 11.4. The van der Waals surface area contributed by atoms with Crippen LogP contribution in [0.5, 0.6) is 0 Å². The number of azide groups is 1. The normalized spacial score (nSPS) is 22.1. The largest absolute Gasteiger partial charge is 0.466 e. The third-order valence-electron chi connectivity index (χ3n) is 7.17. The fourth-order valence-electron chi connectivity index (χ4n) is 4.85. The van der Waals surface area contributed by atoms with Crippen LogP contribution >= 0.6 is 11.6 Å². The van der Waals surface area contributed by atoms with Gasteiger partial charge in [-0.2, -0.15) is 0 Å². The van der Waals surface area contributed by atoms with Gasteiger partial charge in [-0.3, -0.25) is 4.79 Å². The van der Waals surface area contributed by atoms with Gasteiger partial charge in [0.1, 0.15) is 0 Å². The molecule has 2 amide bonds. The summed E-state index contributed by atoms with van der Waals surface area (Å²) in [4.78, 5) is 29.3. The van der Waals surface area contributed by atoms with Crippen molar-refractivity contribution in [2.45, 2.75) is 65.8 Å². The second-order valence-corrected chi connectivity index (χ2v) is 10.9. The molecule has 1 aliphatic heterocycles. The number of hydrogen-bond acceptors (Lipinski definition) is 4. The number of hydrogen-bond donors (Lipinski definition) is 1. The number of esters is 1. The number of halogens is 1. The second-order valence-electron chi connectivity index (χ2n) is 10.5. The Morgan fingerprint density at radius 1 is 1.36 bits per heavy atom. The van der Waals surface area contributed by atoms with E-state index in [1.54, 1.807) is 13.1 Å². The van der Waals surface area contributed by atoms with Crippen molar-refractivity contribution in [3.05, 3.63) is 62.6 Å². The molecule has 1 heterocycles. The van der Waals surface area contributed by atoms with Gasteiger partial charge in [0.15, 0.2) is 0 Å². The first-order valence-corrected chi connectivity index (χ1v) is 12.9. The molecule has 0 radical (unpaired) electrons. The predicted molar refractivity (Wildman–Crippen MR) is 142 cm³/mol. The van der Waals surface area contributed by atoms with Gasteiger partial charge < -0.3 is 15.0 Å². The maximum Gasteiger partial charge on any atom is 0.322 e. The van der Waals surface area contributed by atoms with Crippen LogP contribution in [0.2, 0.25) is 5.02 Å².